The van der Waals surface area contributed by atoms with Gasteiger partial charge in [-0.15, -0.1) is 4.37 Å². The number of aromatic nitrogens is 2. The smallest absolute Gasteiger partial charge is 0.312 e. The summed E-state index contributed by atoms with van der Waals surface area (Å²) in [5.74, 6) is 0.611. The highest BCUT2D eigenvalue weighted by Gasteiger charge is 2.41. The molecule has 30 heavy (non-hydrogen) atoms. The van der Waals surface area contributed by atoms with Gasteiger partial charge < -0.3 is 33.5 Å². The molecule has 1 aliphatic heterocycles. The van der Waals surface area contributed by atoms with Gasteiger partial charge in [-0.2, -0.15) is 4.37 Å². The number of unbranched alkanes of at least 4 members (excludes halogenated alkanes) is 3. The lowest BCUT2D eigenvalue weighted by molar-refractivity contribution is -0.950. The number of quaternary nitrogens is 1. The Balaban J connectivity index is 0.00000450. The van der Waals surface area contributed by atoms with Crippen molar-refractivity contribution < 1.29 is 42.7 Å². The van der Waals surface area contributed by atoms with Gasteiger partial charge in [-0.05, 0) is 6.42 Å². The van der Waals surface area contributed by atoms with Crippen LogP contribution in [0.1, 0.15) is 72.4 Å². The van der Waals surface area contributed by atoms with Crippen molar-refractivity contribution in [2.75, 3.05) is 26.7 Å². The molecule has 8 heteroatoms. The van der Waals surface area contributed by atoms with Crippen LogP contribution in [0.2, 0.25) is 0 Å². The maximum Gasteiger partial charge on any atom is 0.312 e. The molecule has 172 valence electrons. The van der Waals surface area contributed by atoms with Gasteiger partial charge in [-0.1, -0.05) is 60.0 Å². The highest BCUT2D eigenvalue weighted by molar-refractivity contribution is 6.99. The molecular formula is C22H38IN3O3S. The lowest BCUT2D eigenvalue weighted by atomic mass is 10.0. The minimum absolute atomic E-state index is 0. The van der Waals surface area contributed by atoms with Crippen molar-refractivity contribution in [3.63, 3.8) is 0 Å². The second kappa shape index (κ2) is 13.0. The number of carbonyl (C=O) groups excluding carboxylic acids is 1. The number of likely N-dealkylation sites (N-methyl/N-ethyl adjacent to an activating group) is 1. The largest absolute Gasteiger partial charge is 1.00 e. The average Bonchev–Trinajstić information content (AvgIpc) is 3.13. The lowest BCUT2D eigenvalue weighted by Crippen LogP contribution is -3.00. The van der Waals surface area contributed by atoms with Gasteiger partial charge in [-0.3, -0.25) is 9.28 Å². The van der Waals surface area contributed by atoms with Crippen LogP contribution in [0.25, 0.3) is 5.57 Å². The van der Waals surface area contributed by atoms with E-state index >= 15 is 0 Å². The molecule has 2 rings (SSSR count). The molecule has 0 saturated carbocycles. The first-order chi connectivity index (χ1) is 13.8. The molecule has 1 aromatic heterocycles. The van der Waals surface area contributed by atoms with Crippen LogP contribution in [0.4, 0.5) is 0 Å². The summed E-state index contributed by atoms with van der Waals surface area (Å²) in [5, 5.41) is 0. The van der Waals surface area contributed by atoms with Crippen molar-refractivity contribution in [2.24, 2.45) is 11.8 Å². The van der Waals surface area contributed by atoms with Crippen molar-refractivity contribution in [3.8, 4) is 5.88 Å². The summed E-state index contributed by atoms with van der Waals surface area (Å²) in [5.41, 5.74) is 1.99. The van der Waals surface area contributed by atoms with Gasteiger partial charge in [0.1, 0.15) is 12.2 Å². The maximum absolute atomic E-state index is 12.3. The molecule has 0 amide bonds. The lowest BCUT2D eigenvalue weighted by Gasteiger charge is -2.44. The van der Waals surface area contributed by atoms with E-state index in [2.05, 4.69) is 42.6 Å². The molecule has 0 bridgehead atoms. The van der Waals surface area contributed by atoms with Crippen LogP contribution in [-0.2, 0) is 9.53 Å². The second-order valence-corrected chi connectivity index (χ2v) is 9.46. The molecule has 1 aliphatic rings. The van der Waals surface area contributed by atoms with Crippen LogP contribution in [0, 0.1) is 11.8 Å². The van der Waals surface area contributed by atoms with Crippen LogP contribution in [0.5, 0.6) is 5.88 Å². The summed E-state index contributed by atoms with van der Waals surface area (Å²) in [4.78, 5) is 12.3. The molecule has 1 aromatic rings. The topological polar surface area (TPSA) is 61.3 Å². The number of hydrogen-bond acceptors (Lipinski definition) is 6. The summed E-state index contributed by atoms with van der Waals surface area (Å²) in [6.07, 6.45) is 7.64. The Morgan fingerprint density at radius 2 is 1.93 bits per heavy atom. The Labute approximate surface area is 203 Å². The van der Waals surface area contributed by atoms with E-state index in [1.165, 1.54) is 31.0 Å². The number of ether oxygens (including phenoxy) is 2. The third kappa shape index (κ3) is 7.44. The van der Waals surface area contributed by atoms with E-state index in [9.17, 15) is 4.79 Å². The molecule has 6 nitrogen and oxygen atoms in total. The Bertz CT molecular complexity index is 693. The Morgan fingerprint density at radius 3 is 2.57 bits per heavy atom. The first-order valence-corrected chi connectivity index (χ1v) is 11.7. The third-order valence-electron chi connectivity index (χ3n) is 5.45. The zero-order valence-electron chi connectivity index (χ0n) is 19.3. The van der Waals surface area contributed by atoms with Gasteiger partial charge in [0.2, 0.25) is 6.23 Å². The summed E-state index contributed by atoms with van der Waals surface area (Å²) in [6, 6.07) is 0. The minimum Gasteiger partial charge on any atom is -1.00 e. The zero-order chi connectivity index (χ0) is 21.4. The molecule has 0 saturated heterocycles. The molecule has 2 heterocycles. The molecule has 0 N–H and O–H groups in total. The first-order valence-electron chi connectivity index (χ1n) is 11.0. The van der Waals surface area contributed by atoms with Crippen LogP contribution in [0.15, 0.2) is 6.08 Å². The standard InChI is InChI=1S/C22H38N3O3S.HI/c1-7-8-9-10-14-27-20-19(23-29-24-20)18-12-11-13-25(6,15-18)21(16(2)3)28-22(26)17(4)5;/h12,16-17,21H,7-11,13-15H2,1-6H3;1H/q+1;/p-1. The summed E-state index contributed by atoms with van der Waals surface area (Å²) >= 11 is 1.20. The van der Waals surface area contributed by atoms with Crippen LogP contribution < -0.4 is 28.7 Å². The number of hydrogen-bond donors (Lipinski definition) is 0. The van der Waals surface area contributed by atoms with Gasteiger partial charge in [-0.25, -0.2) is 0 Å². The van der Waals surface area contributed by atoms with E-state index in [1.54, 1.807) is 0 Å². The fraction of sp³-hybridized carbons (Fsp3) is 0.773. The number of esters is 1. The summed E-state index contributed by atoms with van der Waals surface area (Å²) < 4.78 is 21.5. The van der Waals surface area contributed by atoms with Crippen LogP contribution in [0.3, 0.4) is 0 Å². The number of carbonyl (C=O) groups is 1. The molecule has 0 aliphatic carbocycles. The van der Waals surface area contributed by atoms with Crippen molar-refractivity contribution in [3.05, 3.63) is 11.8 Å². The van der Waals surface area contributed by atoms with Crippen molar-refractivity contribution in [1.82, 2.24) is 8.75 Å². The molecule has 2 atom stereocenters. The fourth-order valence-corrected chi connectivity index (χ4v) is 4.39. The molecule has 0 fully saturated rings. The Kier molecular flexibility index (Phi) is 11.8. The van der Waals surface area contributed by atoms with Crippen LogP contribution >= 0.6 is 11.7 Å². The van der Waals surface area contributed by atoms with Crippen molar-refractivity contribution in [1.29, 1.82) is 0 Å². The normalized spacial score (nSPS) is 19.9. The van der Waals surface area contributed by atoms with E-state index in [0.29, 0.717) is 17.0 Å². The molecule has 0 radical (unpaired) electrons. The predicted octanol–water partition coefficient (Wildman–Crippen LogP) is 1.92. The van der Waals surface area contributed by atoms with E-state index in [0.717, 1.165) is 37.2 Å². The Hall–Kier alpha value is -0.740. The minimum atomic E-state index is -0.182. The second-order valence-electron chi connectivity index (χ2n) is 8.93. The van der Waals surface area contributed by atoms with Gasteiger partial charge in [0.05, 0.1) is 37.8 Å². The maximum atomic E-state index is 12.3. The van der Waals surface area contributed by atoms with E-state index < -0.39 is 0 Å². The average molecular weight is 552 g/mol. The van der Waals surface area contributed by atoms with Crippen LogP contribution in [-0.4, -0.2) is 52.2 Å². The summed E-state index contributed by atoms with van der Waals surface area (Å²) in [6.45, 7) is 12.6. The number of halogens is 1. The molecule has 2 unspecified atom stereocenters. The highest BCUT2D eigenvalue weighted by Crippen LogP contribution is 2.33. The fourth-order valence-electron chi connectivity index (χ4n) is 3.86. The monoisotopic (exact) mass is 551 g/mol. The third-order valence-corrected chi connectivity index (χ3v) is 5.97. The van der Waals surface area contributed by atoms with E-state index in [4.69, 9.17) is 9.47 Å². The van der Waals surface area contributed by atoms with E-state index in [1.807, 2.05) is 13.8 Å². The van der Waals surface area contributed by atoms with Gasteiger partial charge in [0, 0.05) is 17.9 Å². The van der Waals surface area contributed by atoms with Gasteiger partial charge in [0.25, 0.3) is 5.88 Å². The number of rotatable bonds is 11. The highest BCUT2D eigenvalue weighted by atomic mass is 127. The van der Waals surface area contributed by atoms with E-state index in [-0.39, 0.29) is 48.0 Å². The molecular weight excluding hydrogens is 513 g/mol. The number of nitrogens with zero attached hydrogens (tertiary/aromatic N) is 3. The molecule has 0 spiro atoms. The Morgan fingerprint density at radius 1 is 1.20 bits per heavy atom. The van der Waals surface area contributed by atoms with Gasteiger partial charge in [0.15, 0.2) is 0 Å². The first kappa shape index (κ1) is 27.3. The quantitative estimate of drug-likeness (QED) is 0.182. The van der Waals surface area contributed by atoms with Gasteiger partial charge >= 0.3 is 5.97 Å². The molecule has 0 aromatic carbocycles. The SMILES string of the molecule is CCCCCCOc1nsnc1C1=CCC[N+](C)(C(OC(=O)C(C)C)C(C)C)C1.[I-]. The van der Waals surface area contributed by atoms with Crippen molar-refractivity contribution in [2.45, 2.75) is 73.0 Å². The van der Waals surface area contributed by atoms with Crippen molar-refractivity contribution >= 4 is 23.3 Å². The summed E-state index contributed by atoms with van der Waals surface area (Å²) in [7, 11) is 2.18. The predicted molar refractivity (Wildman–Crippen MR) is 118 cm³/mol. The zero-order valence-corrected chi connectivity index (χ0v) is 22.3.